The van der Waals surface area contributed by atoms with Crippen molar-refractivity contribution in [2.45, 2.75) is 0 Å². The molecule has 3 aromatic rings. The average molecular weight is 306 g/mol. The Labute approximate surface area is 123 Å². The summed E-state index contributed by atoms with van der Waals surface area (Å²) in [5.74, 6) is -0.876. The summed E-state index contributed by atoms with van der Waals surface area (Å²) >= 11 is 7.50. The second-order valence-electron chi connectivity index (χ2n) is 4.18. The quantitative estimate of drug-likeness (QED) is 0.713. The Balaban J connectivity index is 1.97. The molecule has 1 heterocycles. The Hall–Kier alpha value is -1.91. The molecule has 0 aliphatic rings. The number of hydrogen-bond donors (Lipinski definition) is 1. The largest absolute Gasteiger partial charge is 0.319 e. The van der Waals surface area contributed by atoms with E-state index in [1.165, 1.54) is 23.5 Å². The van der Waals surface area contributed by atoms with Crippen molar-refractivity contribution < 1.29 is 9.18 Å². The second-order valence-corrected chi connectivity index (χ2v) is 5.61. The van der Waals surface area contributed by atoms with E-state index in [1.807, 2.05) is 24.3 Å². The van der Waals surface area contributed by atoms with E-state index >= 15 is 0 Å². The van der Waals surface area contributed by atoms with Crippen molar-refractivity contribution >= 4 is 44.6 Å². The fourth-order valence-corrected chi connectivity index (χ4v) is 3.31. The van der Waals surface area contributed by atoms with Gasteiger partial charge in [-0.15, -0.1) is 11.3 Å². The highest BCUT2D eigenvalue weighted by molar-refractivity contribution is 7.21. The van der Waals surface area contributed by atoms with Crippen molar-refractivity contribution in [1.29, 1.82) is 0 Å². The number of fused-ring (bicyclic) bond motifs is 1. The SMILES string of the molecule is O=C(Nc1ccccc1F)c1sc2ccccc2c1Cl. The molecule has 1 N–H and O–H groups in total. The summed E-state index contributed by atoms with van der Waals surface area (Å²) in [6.07, 6.45) is 0. The molecule has 0 unspecified atom stereocenters. The zero-order valence-electron chi connectivity index (χ0n) is 10.2. The van der Waals surface area contributed by atoms with Gasteiger partial charge in [-0.25, -0.2) is 4.39 Å². The van der Waals surface area contributed by atoms with Crippen molar-refractivity contribution in [3.8, 4) is 0 Å². The van der Waals surface area contributed by atoms with E-state index in [0.29, 0.717) is 9.90 Å². The number of rotatable bonds is 2. The molecule has 0 bridgehead atoms. The molecular weight excluding hydrogens is 297 g/mol. The molecular formula is C15H9ClFNOS. The van der Waals surface area contributed by atoms with E-state index in [4.69, 9.17) is 11.6 Å². The van der Waals surface area contributed by atoms with Crippen LogP contribution >= 0.6 is 22.9 Å². The Bertz CT molecular complexity index is 799. The third-order valence-electron chi connectivity index (χ3n) is 2.86. The molecule has 100 valence electrons. The van der Waals surface area contributed by atoms with Gasteiger partial charge in [-0.05, 0) is 18.2 Å². The topological polar surface area (TPSA) is 29.1 Å². The first-order chi connectivity index (χ1) is 9.66. The van der Waals surface area contributed by atoms with Gasteiger partial charge in [-0.3, -0.25) is 4.79 Å². The molecule has 20 heavy (non-hydrogen) atoms. The van der Waals surface area contributed by atoms with Crippen LogP contribution in [-0.4, -0.2) is 5.91 Å². The molecule has 5 heteroatoms. The van der Waals surface area contributed by atoms with Crippen molar-refractivity contribution in [2.75, 3.05) is 5.32 Å². The number of carbonyl (C=O) groups is 1. The number of nitrogens with one attached hydrogen (secondary N) is 1. The Morgan fingerprint density at radius 1 is 1.10 bits per heavy atom. The number of hydrogen-bond acceptors (Lipinski definition) is 2. The van der Waals surface area contributed by atoms with Gasteiger partial charge in [0.2, 0.25) is 0 Å². The van der Waals surface area contributed by atoms with Gasteiger partial charge in [-0.1, -0.05) is 41.9 Å². The van der Waals surface area contributed by atoms with Gasteiger partial charge in [0.05, 0.1) is 10.7 Å². The van der Waals surface area contributed by atoms with Gasteiger partial charge in [0.1, 0.15) is 10.7 Å². The number of para-hydroxylation sites is 1. The summed E-state index contributed by atoms with van der Waals surface area (Å²) in [6, 6.07) is 13.5. The van der Waals surface area contributed by atoms with Crippen LogP contribution in [0.15, 0.2) is 48.5 Å². The third-order valence-corrected chi connectivity index (χ3v) is 4.54. The van der Waals surface area contributed by atoms with Crippen LogP contribution in [0.1, 0.15) is 9.67 Å². The van der Waals surface area contributed by atoms with Gasteiger partial charge in [0.15, 0.2) is 0 Å². The van der Waals surface area contributed by atoms with Crippen LogP contribution in [0.4, 0.5) is 10.1 Å². The van der Waals surface area contributed by atoms with E-state index < -0.39 is 11.7 Å². The van der Waals surface area contributed by atoms with Crippen LogP contribution in [0.5, 0.6) is 0 Å². The van der Waals surface area contributed by atoms with E-state index in [9.17, 15) is 9.18 Å². The summed E-state index contributed by atoms with van der Waals surface area (Å²) in [4.78, 5) is 12.6. The molecule has 0 fully saturated rings. The Morgan fingerprint density at radius 3 is 2.55 bits per heavy atom. The molecule has 0 atom stereocenters. The molecule has 3 rings (SSSR count). The first-order valence-corrected chi connectivity index (χ1v) is 7.09. The molecule has 0 saturated carbocycles. The average Bonchev–Trinajstić information content (AvgIpc) is 2.79. The van der Waals surface area contributed by atoms with E-state index in [1.54, 1.807) is 12.1 Å². The number of amides is 1. The van der Waals surface area contributed by atoms with E-state index in [-0.39, 0.29) is 5.69 Å². The van der Waals surface area contributed by atoms with E-state index in [0.717, 1.165) is 10.1 Å². The molecule has 1 amide bonds. The number of halogens is 2. The molecule has 1 aromatic heterocycles. The van der Waals surface area contributed by atoms with Gasteiger partial charge >= 0.3 is 0 Å². The molecule has 0 radical (unpaired) electrons. The zero-order chi connectivity index (χ0) is 14.1. The van der Waals surface area contributed by atoms with Gasteiger partial charge in [0, 0.05) is 10.1 Å². The van der Waals surface area contributed by atoms with Gasteiger partial charge in [-0.2, -0.15) is 0 Å². The minimum Gasteiger partial charge on any atom is -0.319 e. The lowest BCUT2D eigenvalue weighted by molar-refractivity contribution is 0.103. The summed E-state index contributed by atoms with van der Waals surface area (Å²) in [5.41, 5.74) is 0.144. The smallest absolute Gasteiger partial charge is 0.267 e. The summed E-state index contributed by atoms with van der Waals surface area (Å²) < 4.78 is 14.5. The van der Waals surface area contributed by atoms with Gasteiger partial charge < -0.3 is 5.32 Å². The molecule has 0 spiro atoms. The molecule has 0 saturated heterocycles. The normalized spacial score (nSPS) is 10.7. The summed E-state index contributed by atoms with van der Waals surface area (Å²) in [5, 5.41) is 3.77. The first kappa shape index (κ1) is 13.1. The highest BCUT2D eigenvalue weighted by Gasteiger charge is 2.17. The molecule has 0 aliphatic carbocycles. The van der Waals surface area contributed by atoms with Crippen molar-refractivity contribution in [2.24, 2.45) is 0 Å². The molecule has 2 nitrogen and oxygen atoms in total. The fraction of sp³-hybridized carbons (Fsp3) is 0. The maximum Gasteiger partial charge on any atom is 0.267 e. The summed E-state index contributed by atoms with van der Waals surface area (Å²) in [6.45, 7) is 0. The van der Waals surface area contributed by atoms with Crippen LogP contribution < -0.4 is 5.32 Å². The number of carbonyl (C=O) groups excluding carboxylic acids is 1. The molecule has 2 aromatic carbocycles. The van der Waals surface area contributed by atoms with Crippen molar-refractivity contribution in [3.05, 3.63) is 64.2 Å². The minimum absolute atomic E-state index is 0.144. The Morgan fingerprint density at radius 2 is 1.80 bits per heavy atom. The first-order valence-electron chi connectivity index (χ1n) is 5.90. The third kappa shape index (κ3) is 2.28. The number of anilines is 1. The predicted molar refractivity (Wildman–Crippen MR) is 81.2 cm³/mol. The highest BCUT2D eigenvalue weighted by atomic mass is 35.5. The second kappa shape index (κ2) is 5.23. The van der Waals surface area contributed by atoms with Crippen molar-refractivity contribution in [3.63, 3.8) is 0 Å². The maximum atomic E-state index is 13.5. The standard InChI is InChI=1S/C15H9ClFNOS/c16-13-9-5-1-4-8-12(9)20-14(13)15(19)18-11-7-3-2-6-10(11)17/h1-8H,(H,18,19). The lowest BCUT2D eigenvalue weighted by Gasteiger charge is -2.04. The lowest BCUT2D eigenvalue weighted by Crippen LogP contribution is -2.11. The summed E-state index contributed by atoms with van der Waals surface area (Å²) in [7, 11) is 0. The maximum absolute atomic E-state index is 13.5. The monoisotopic (exact) mass is 305 g/mol. The Kier molecular flexibility index (Phi) is 3.42. The number of benzene rings is 2. The fourth-order valence-electron chi connectivity index (χ4n) is 1.90. The zero-order valence-corrected chi connectivity index (χ0v) is 11.8. The van der Waals surface area contributed by atoms with Gasteiger partial charge in [0.25, 0.3) is 5.91 Å². The van der Waals surface area contributed by atoms with Crippen LogP contribution in [0.3, 0.4) is 0 Å². The lowest BCUT2D eigenvalue weighted by atomic mass is 10.2. The predicted octanol–water partition coefficient (Wildman–Crippen LogP) is 4.95. The van der Waals surface area contributed by atoms with Crippen LogP contribution in [0, 0.1) is 5.82 Å². The van der Waals surface area contributed by atoms with E-state index in [2.05, 4.69) is 5.32 Å². The highest BCUT2D eigenvalue weighted by Crippen LogP contribution is 2.35. The van der Waals surface area contributed by atoms with Crippen molar-refractivity contribution in [1.82, 2.24) is 0 Å². The number of thiophene rings is 1. The van der Waals surface area contributed by atoms with Crippen LogP contribution in [0.2, 0.25) is 5.02 Å². The minimum atomic E-state index is -0.474. The van der Waals surface area contributed by atoms with Crippen LogP contribution in [0.25, 0.3) is 10.1 Å². The van der Waals surface area contributed by atoms with Crippen LogP contribution in [-0.2, 0) is 0 Å². The molecule has 0 aliphatic heterocycles.